The van der Waals surface area contributed by atoms with E-state index in [1.165, 1.54) is 55.1 Å². The molecule has 210 valence electrons. The second-order valence-electron chi connectivity index (χ2n) is 9.16. The van der Waals surface area contributed by atoms with Crippen LogP contribution in [-0.2, 0) is 19.4 Å². The molecule has 2 aromatic carbocycles. The number of halogens is 1. The van der Waals surface area contributed by atoms with Crippen LogP contribution < -0.4 is 16.4 Å². The minimum Gasteiger partial charge on any atom is -0.481 e. The van der Waals surface area contributed by atoms with Crippen molar-refractivity contribution in [3.05, 3.63) is 53.3 Å². The number of urea groups is 1. The molecule has 0 saturated carbocycles. The number of sulfone groups is 1. The Hall–Kier alpha value is -4.20. The number of anilines is 2. The van der Waals surface area contributed by atoms with Crippen molar-refractivity contribution in [2.75, 3.05) is 43.6 Å². The number of aliphatic carboxylic acids is 1. The van der Waals surface area contributed by atoms with E-state index in [0.717, 1.165) is 12.1 Å². The summed E-state index contributed by atoms with van der Waals surface area (Å²) in [4.78, 5) is 51.5. The van der Waals surface area contributed by atoms with Gasteiger partial charge in [0.1, 0.15) is 5.82 Å². The van der Waals surface area contributed by atoms with Gasteiger partial charge < -0.3 is 31.3 Å². The number of carbonyl (C=O) groups is 4. The van der Waals surface area contributed by atoms with Crippen molar-refractivity contribution in [1.29, 1.82) is 0 Å². The molecule has 0 aliphatic carbocycles. The minimum absolute atomic E-state index is 0.00808. The molecule has 0 bridgehead atoms. The highest BCUT2D eigenvalue weighted by Gasteiger charge is 2.44. The summed E-state index contributed by atoms with van der Waals surface area (Å²) in [7, 11) is -0.837. The number of amides is 4. The summed E-state index contributed by atoms with van der Waals surface area (Å²) < 4.78 is 40.2. The lowest BCUT2D eigenvalue weighted by Gasteiger charge is -2.29. The number of hydrogen-bond donors (Lipinski definition) is 4. The van der Waals surface area contributed by atoms with E-state index >= 15 is 0 Å². The molecule has 39 heavy (non-hydrogen) atoms. The van der Waals surface area contributed by atoms with Gasteiger partial charge in [0.05, 0.1) is 34.8 Å². The van der Waals surface area contributed by atoms with Crippen LogP contribution in [0.3, 0.4) is 0 Å². The molecule has 4 amide bonds. The van der Waals surface area contributed by atoms with Gasteiger partial charge in [-0.25, -0.2) is 17.6 Å². The van der Waals surface area contributed by atoms with Crippen molar-refractivity contribution in [2.24, 2.45) is 11.7 Å². The van der Waals surface area contributed by atoms with Crippen molar-refractivity contribution >= 4 is 45.0 Å². The van der Waals surface area contributed by atoms with Gasteiger partial charge in [0.25, 0.3) is 0 Å². The lowest BCUT2D eigenvalue weighted by molar-refractivity contribution is -0.143. The van der Waals surface area contributed by atoms with Crippen LogP contribution in [0.4, 0.5) is 20.6 Å². The quantitative estimate of drug-likeness (QED) is 0.357. The maximum Gasteiger partial charge on any atom is 0.321 e. The Bertz CT molecular complexity index is 1410. The van der Waals surface area contributed by atoms with Crippen LogP contribution in [0.5, 0.6) is 0 Å². The molecular weight excluding hydrogens is 533 g/mol. The van der Waals surface area contributed by atoms with E-state index < -0.39 is 58.0 Å². The third-order valence-electron chi connectivity index (χ3n) is 6.42. The molecule has 0 unspecified atom stereocenters. The van der Waals surface area contributed by atoms with Crippen LogP contribution in [0, 0.1) is 11.7 Å². The van der Waals surface area contributed by atoms with Gasteiger partial charge in [0.15, 0.2) is 9.84 Å². The van der Waals surface area contributed by atoms with Gasteiger partial charge in [-0.05, 0) is 48.4 Å². The third-order valence-corrected chi connectivity index (χ3v) is 8.22. The Morgan fingerprint density at radius 2 is 1.85 bits per heavy atom. The lowest BCUT2D eigenvalue weighted by Crippen LogP contribution is -2.38. The van der Waals surface area contributed by atoms with Gasteiger partial charge in [0, 0.05) is 31.9 Å². The summed E-state index contributed by atoms with van der Waals surface area (Å²) in [6.07, 6.45) is 0.0388. The second-order valence-corrected chi connectivity index (χ2v) is 11.4. The van der Waals surface area contributed by atoms with E-state index in [9.17, 15) is 37.1 Å². The highest BCUT2D eigenvalue weighted by molar-refractivity contribution is 7.91. The van der Waals surface area contributed by atoms with E-state index in [0.29, 0.717) is 0 Å². The lowest BCUT2D eigenvalue weighted by atomic mass is 9.93. The summed E-state index contributed by atoms with van der Waals surface area (Å²) in [5.41, 5.74) is 5.36. The summed E-state index contributed by atoms with van der Waals surface area (Å²) in [5, 5.41) is 15.1. The van der Waals surface area contributed by atoms with Crippen molar-refractivity contribution in [3.8, 4) is 0 Å². The minimum atomic E-state index is -3.86. The van der Waals surface area contributed by atoms with Gasteiger partial charge in [-0.1, -0.05) is 6.92 Å². The van der Waals surface area contributed by atoms with Crippen LogP contribution in [0.2, 0.25) is 0 Å². The van der Waals surface area contributed by atoms with Gasteiger partial charge in [-0.2, -0.15) is 0 Å². The molecule has 12 nitrogen and oxygen atoms in total. The molecule has 14 heteroatoms. The van der Waals surface area contributed by atoms with Crippen molar-refractivity contribution in [2.45, 2.75) is 24.3 Å². The number of nitrogens with zero attached hydrogens (tertiary/aromatic N) is 2. The van der Waals surface area contributed by atoms with Gasteiger partial charge >= 0.3 is 12.0 Å². The molecule has 5 N–H and O–H groups in total. The van der Waals surface area contributed by atoms with Crippen molar-refractivity contribution in [1.82, 2.24) is 9.80 Å². The highest BCUT2D eigenvalue weighted by atomic mass is 32.2. The standard InChI is InChI=1S/C25H30FN5O7S/c1-4-39(37,38)20-8-6-15(29-25(36)30(2)3)12-17(20)22-16(24(34)35)9-10-31(22)21(32)13-28-19-11-14(23(27)33)5-7-18(19)26/h5-8,11-12,16,22,28H,4,9-10,13H2,1-3H3,(H2,27,33)(H,29,36)(H,34,35)/t16-,22+/m0/s1. The SMILES string of the molecule is CCS(=O)(=O)c1ccc(NC(=O)N(C)C)cc1[C@H]1[C@@H](C(=O)O)CCN1C(=O)CNc1cc(C(N)=O)ccc1F. The normalized spacial score (nSPS) is 17.0. The fraction of sp³-hybridized carbons (Fsp3) is 0.360. The number of carboxylic acids is 1. The number of primary amides is 1. The molecule has 0 aromatic heterocycles. The molecule has 0 spiro atoms. The van der Waals surface area contributed by atoms with Gasteiger partial charge in [0.2, 0.25) is 11.8 Å². The second kappa shape index (κ2) is 11.7. The number of carbonyl (C=O) groups excluding carboxylic acids is 3. The van der Waals surface area contributed by atoms with E-state index in [1.54, 1.807) is 0 Å². The summed E-state index contributed by atoms with van der Waals surface area (Å²) in [6, 6.07) is 5.70. The molecule has 1 saturated heterocycles. The van der Waals surface area contributed by atoms with Crippen LogP contribution in [-0.4, -0.2) is 80.1 Å². The Kier molecular flexibility index (Phi) is 8.79. The number of hydrogen-bond acceptors (Lipinski definition) is 7. The molecule has 1 fully saturated rings. The molecule has 1 aliphatic rings. The van der Waals surface area contributed by atoms with E-state index in [1.807, 2.05) is 0 Å². The zero-order chi connectivity index (χ0) is 29.1. The van der Waals surface area contributed by atoms with Gasteiger partial charge in [-0.15, -0.1) is 0 Å². The predicted molar refractivity (Wildman–Crippen MR) is 140 cm³/mol. The Balaban J connectivity index is 2.02. The average molecular weight is 564 g/mol. The fourth-order valence-corrected chi connectivity index (χ4v) is 5.46. The van der Waals surface area contributed by atoms with Crippen LogP contribution >= 0.6 is 0 Å². The third kappa shape index (κ3) is 6.45. The number of nitrogens with two attached hydrogens (primary N) is 1. The first kappa shape index (κ1) is 29.4. The van der Waals surface area contributed by atoms with Gasteiger partial charge in [-0.3, -0.25) is 14.4 Å². The summed E-state index contributed by atoms with van der Waals surface area (Å²) in [5.74, 6) is -4.82. The summed E-state index contributed by atoms with van der Waals surface area (Å²) in [6.45, 7) is 0.951. The van der Waals surface area contributed by atoms with E-state index in [2.05, 4.69) is 10.6 Å². The maximum atomic E-state index is 14.3. The molecule has 1 aliphatic heterocycles. The molecule has 1 heterocycles. The number of rotatable bonds is 9. The number of carboxylic acid groups (broad SMARTS) is 1. The zero-order valence-electron chi connectivity index (χ0n) is 21.6. The Morgan fingerprint density at radius 3 is 2.44 bits per heavy atom. The first-order chi connectivity index (χ1) is 18.3. The fourth-order valence-electron chi connectivity index (χ4n) is 4.33. The van der Waals surface area contributed by atoms with Crippen molar-refractivity contribution < 1.29 is 37.1 Å². The number of nitrogens with one attached hydrogen (secondary N) is 2. The average Bonchev–Trinajstić information content (AvgIpc) is 3.33. The highest BCUT2D eigenvalue weighted by Crippen LogP contribution is 2.41. The molecule has 2 aromatic rings. The maximum absolute atomic E-state index is 14.3. The molecular formula is C25H30FN5O7S. The smallest absolute Gasteiger partial charge is 0.321 e. The predicted octanol–water partition coefficient (Wildman–Crippen LogP) is 1.90. The van der Waals surface area contributed by atoms with Crippen LogP contribution in [0.1, 0.15) is 35.3 Å². The number of likely N-dealkylation sites (tertiary alicyclic amines) is 1. The van der Waals surface area contributed by atoms with Crippen molar-refractivity contribution in [3.63, 3.8) is 0 Å². The number of benzene rings is 2. The molecule has 3 rings (SSSR count). The molecule has 0 radical (unpaired) electrons. The van der Waals surface area contributed by atoms with E-state index in [-0.39, 0.29) is 46.1 Å². The van der Waals surface area contributed by atoms with Crippen LogP contribution in [0.25, 0.3) is 0 Å². The largest absolute Gasteiger partial charge is 0.481 e. The van der Waals surface area contributed by atoms with E-state index in [4.69, 9.17) is 5.73 Å². The first-order valence-corrected chi connectivity index (χ1v) is 13.6. The monoisotopic (exact) mass is 563 g/mol. The molecule has 2 atom stereocenters. The van der Waals surface area contributed by atoms with Crippen LogP contribution in [0.15, 0.2) is 41.3 Å². The zero-order valence-corrected chi connectivity index (χ0v) is 22.4. The summed E-state index contributed by atoms with van der Waals surface area (Å²) >= 11 is 0. The first-order valence-electron chi connectivity index (χ1n) is 12.0. The topological polar surface area (TPSA) is 179 Å². The Morgan fingerprint density at radius 1 is 1.15 bits per heavy atom. The Labute approximate surface area is 224 Å².